The summed E-state index contributed by atoms with van der Waals surface area (Å²) in [5, 5.41) is 8.27. The summed E-state index contributed by atoms with van der Waals surface area (Å²) in [6.45, 7) is 2.00. The van der Waals surface area contributed by atoms with Crippen LogP contribution in [0.2, 0.25) is 0 Å². The maximum atomic E-state index is 4.49. The Kier molecular flexibility index (Phi) is 3.52. The molecule has 1 aromatic carbocycles. The monoisotopic (exact) mass is 281 g/mol. The van der Waals surface area contributed by atoms with E-state index in [2.05, 4.69) is 45.6 Å². The Bertz CT molecular complexity index is 570. The van der Waals surface area contributed by atoms with Crippen molar-refractivity contribution in [3.8, 4) is 11.1 Å². The molecule has 3 heteroatoms. The van der Waals surface area contributed by atoms with Crippen LogP contribution in [0.15, 0.2) is 42.7 Å². The number of aromatic nitrogens is 2. The van der Waals surface area contributed by atoms with Crippen molar-refractivity contribution in [2.75, 3.05) is 6.54 Å². The molecule has 2 aliphatic rings. The summed E-state index contributed by atoms with van der Waals surface area (Å²) in [5.74, 6) is 1.94. The van der Waals surface area contributed by atoms with Gasteiger partial charge in [-0.1, -0.05) is 30.3 Å². The van der Waals surface area contributed by atoms with Gasteiger partial charge in [0.05, 0.1) is 12.7 Å². The van der Waals surface area contributed by atoms with Crippen LogP contribution in [0.3, 0.4) is 0 Å². The molecule has 0 amide bonds. The van der Waals surface area contributed by atoms with E-state index in [4.69, 9.17) is 0 Å². The maximum absolute atomic E-state index is 4.49. The van der Waals surface area contributed by atoms with Crippen molar-refractivity contribution in [1.82, 2.24) is 15.1 Å². The third kappa shape index (κ3) is 3.18. The first-order chi connectivity index (χ1) is 10.4. The van der Waals surface area contributed by atoms with E-state index in [-0.39, 0.29) is 0 Å². The van der Waals surface area contributed by atoms with Gasteiger partial charge in [0.1, 0.15) is 0 Å². The second-order valence-corrected chi connectivity index (χ2v) is 6.51. The van der Waals surface area contributed by atoms with Gasteiger partial charge in [0.15, 0.2) is 0 Å². The highest BCUT2D eigenvalue weighted by Crippen LogP contribution is 2.44. The number of rotatable bonds is 7. The zero-order chi connectivity index (χ0) is 14.1. The largest absolute Gasteiger partial charge is 0.312 e. The van der Waals surface area contributed by atoms with Gasteiger partial charge in [-0.25, -0.2) is 0 Å². The van der Waals surface area contributed by atoms with E-state index in [1.807, 2.05) is 12.3 Å². The molecule has 0 atom stereocenters. The zero-order valence-electron chi connectivity index (χ0n) is 12.4. The average molecular weight is 281 g/mol. The normalized spacial score (nSPS) is 18.3. The average Bonchev–Trinajstić information content (AvgIpc) is 3.45. The lowest BCUT2D eigenvalue weighted by atomic mass is 10.1. The molecule has 0 spiro atoms. The topological polar surface area (TPSA) is 29.9 Å². The van der Waals surface area contributed by atoms with Gasteiger partial charge in [-0.05, 0) is 43.1 Å². The predicted molar refractivity (Wildman–Crippen MR) is 84.9 cm³/mol. The number of nitrogens with one attached hydrogen (secondary N) is 1. The summed E-state index contributed by atoms with van der Waals surface area (Å²) in [6, 6.07) is 11.3. The van der Waals surface area contributed by atoms with Crippen molar-refractivity contribution >= 4 is 0 Å². The Morgan fingerprint density at radius 1 is 1.05 bits per heavy atom. The van der Waals surface area contributed by atoms with Crippen LogP contribution in [0.1, 0.15) is 25.7 Å². The van der Waals surface area contributed by atoms with Crippen LogP contribution in [-0.4, -0.2) is 22.4 Å². The summed E-state index contributed by atoms with van der Waals surface area (Å²) in [5.41, 5.74) is 2.45. The molecule has 1 aromatic heterocycles. The molecule has 0 unspecified atom stereocenters. The minimum Gasteiger partial charge on any atom is -0.312 e. The highest BCUT2D eigenvalue weighted by Gasteiger charge is 2.40. The molecule has 2 aromatic rings. The van der Waals surface area contributed by atoms with Crippen molar-refractivity contribution < 1.29 is 0 Å². The van der Waals surface area contributed by atoms with Gasteiger partial charge in [-0.2, -0.15) is 5.10 Å². The van der Waals surface area contributed by atoms with Crippen LogP contribution in [0.25, 0.3) is 11.1 Å². The minimum atomic E-state index is 0.786. The number of nitrogens with zero attached hydrogens (tertiary/aromatic N) is 2. The second kappa shape index (κ2) is 5.64. The van der Waals surface area contributed by atoms with E-state index in [0.29, 0.717) is 0 Å². The molecule has 0 aliphatic heterocycles. The first kappa shape index (κ1) is 13.1. The summed E-state index contributed by atoms with van der Waals surface area (Å²) < 4.78 is 2.06. The SMILES string of the molecule is c1ccc(-c2cnn(CCNC(C3CC3)C3CC3)c2)cc1. The molecular weight excluding hydrogens is 258 g/mol. The van der Waals surface area contributed by atoms with Gasteiger partial charge >= 0.3 is 0 Å². The predicted octanol–water partition coefficient (Wildman–Crippen LogP) is 3.33. The van der Waals surface area contributed by atoms with Crippen molar-refractivity contribution in [3.05, 3.63) is 42.7 Å². The fourth-order valence-corrected chi connectivity index (χ4v) is 3.24. The first-order valence-electron chi connectivity index (χ1n) is 8.21. The third-order valence-electron chi connectivity index (χ3n) is 4.72. The minimum absolute atomic E-state index is 0.786. The number of hydrogen-bond acceptors (Lipinski definition) is 2. The maximum Gasteiger partial charge on any atom is 0.0568 e. The molecule has 2 fully saturated rings. The molecule has 1 N–H and O–H groups in total. The summed E-state index contributed by atoms with van der Waals surface area (Å²) in [6.07, 6.45) is 9.87. The lowest BCUT2D eigenvalue weighted by molar-refractivity contribution is 0.401. The van der Waals surface area contributed by atoms with Crippen molar-refractivity contribution in [2.24, 2.45) is 11.8 Å². The van der Waals surface area contributed by atoms with E-state index < -0.39 is 0 Å². The van der Waals surface area contributed by atoms with Gasteiger partial charge in [0.25, 0.3) is 0 Å². The molecule has 110 valence electrons. The van der Waals surface area contributed by atoms with Crippen molar-refractivity contribution in [3.63, 3.8) is 0 Å². The summed E-state index contributed by atoms with van der Waals surface area (Å²) >= 11 is 0. The van der Waals surface area contributed by atoms with E-state index in [0.717, 1.165) is 31.0 Å². The molecular formula is C18H23N3. The number of hydrogen-bond donors (Lipinski definition) is 1. The van der Waals surface area contributed by atoms with E-state index >= 15 is 0 Å². The standard InChI is InChI=1S/C18H23N3/c1-2-4-14(5-3-1)17-12-20-21(13-17)11-10-19-18(15-6-7-15)16-8-9-16/h1-5,12-13,15-16,18-19H,6-11H2. The molecule has 3 nitrogen and oxygen atoms in total. The van der Waals surface area contributed by atoms with Crippen LogP contribution in [0, 0.1) is 11.8 Å². The Labute approximate surface area is 126 Å². The van der Waals surface area contributed by atoms with Crippen LogP contribution < -0.4 is 5.32 Å². The molecule has 4 rings (SSSR count). The Morgan fingerprint density at radius 2 is 1.76 bits per heavy atom. The van der Waals surface area contributed by atoms with Gasteiger partial charge < -0.3 is 5.32 Å². The van der Waals surface area contributed by atoms with Crippen LogP contribution in [0.4, 0.5) is 0 Å². The van der Waals surface area contributed by atoms with Crippen LogP contribution >= 0.6 is 0 Å². The highest BCUT2D eigenvalue weighted by molar-refractivity contribution is 5.61. The molecule has 2 saturated carbocycles. The molecule has 21 heavy (non-hydrogen) atoms. The summed E-state index contributed by atoms with van der Waals surface area (Å²) in [4.78, 5) is 0. The zero-order valence-corrected chi connectivity index (χ0v) is 12.4. The fraction of sp³-hybridized carbons (Fsp3) is 0.500. The van der Waals surface area contributed by atoms with Crippen molar-refractivity contribution in [2.45, 2.75) is 38.3 Å². The van der Waals surface area contributed by atoms with Crippen LogP contribution in [0.5, 0.6) is 0 Å². The van der Waals surface area contributed by atoms with Crippen LogP contribution in [-0.2, 0) is 6.54 Å². The van der Waals surface area contributed by atoms with Crippen molar-refractivity contribution in [1.29, 1.82) is 0 Å². The second-order valence-electron chi connectivity index (χ2n) is 6.51. The number of benzene rings is 1. The Hall–Kier alpha value is -1.61. The van der Waals surface area contributed by atoms with E-state index in [9.17, 15) is 0 Å². The van der Waals surface area contributed by atoms with Gasteiger partial charge in [-0.15, -0.1) is 0 Å². The quantitative estimate of drug-likeness (QED) is 0.843. The lowest BCUT2D eigenvalue weighted by Crippen LogP contribution is -2.35. The summed E-state index contributed by atoms with van der Waals surface area (Å²) in [7, 11) is 0. The Balaban J connectivity index is 1.32. The highest BCUT2D eigenvalue weighted by atomic mass is 15.3. The molecule has 0 bridgehead atoms. The smallest absolute Gasteiger partial charge is 0.0568 e. The van der Waals surface area contributed by atoms with E-state index in [1.165, 1.54) is 36.8 Å². The van der Waals surface area contributed by atoms with E-state index in [1.54, 1.807) is 0 Å². The lowest BCUT2D eigenvalue weighted by Gasteiger charge is -2.17. The van der Waals surface area contributed by atoms with Gasteiger partial charge in [-0.3, -0.25) is 4.68 Å². The molecule has 0 radical (unpaired) electrons. The van der Waals surface area contributed by atoms with Gasteiger partial charge in [0, 0.05) is 24.3 Å². The van der Waals surface area contributed by atoms with Gasteiger partial charge in [0.2, 0.25) is 0 Å². The molecule has 0 saturated heterocycles. The molecule has 2 aliphatic carbocycles. The molecule has 1 heterocycles. The fourth-order valence-electron chi connectivity index (χ4n) is 3.24. The third-order valence-corrected chi connectivity index (χ3v) is 4.72. The Morgan fingerprint density at radius 3 is 2.43 bits per heavy atom. The first-order valence-corrected chi connectivity index (χ1v) is 8.21.